The third kappa shape index (κ3) is 1.98. The van der Waals surface area contributed by atoms with Gasteiger partial charge in [-0.15, -0.1) is 0 Å². The Hall–Kier alpha value is -1.45. The molecule has 1 aromatic carbocycles. The zero-order valence-corrected chi connectivity index (χ0v) is 8.17. The van der Waals surface area contributed by atoms with E-state index in [1.807, 2.05) is 13.0 Å². The Morgan fingerprint density at radius 2 is 1.93 bits per heavy atom. The Morgan fingerprint density at radius 3 is 2.60 bits per heavy atom. The summed E-state index contributed by atoms with van der Waals surface area (Å²) in [6.45, 7) is 0.959. The van der Waals surface area contributed by atoms with E-state index >= 15 is 0 Å². The first kappa shape index (κ1) is 10.1. The molecule has 0 unspecified atom stereocenters. The second-order valence-electron chi connectivity index (χ2n) is 3.57. The number of nitrogens with zero attached hydrogens (tertiary/aromatic N) is 1. The van der Waals surface area contributed by atoms with Crippen LogP contribution >= 0.6 is 0 Å². The van der Waals surface area contributed by atoms with Crippen LogP contribution in [0.1, 0.15) is 5.56 Å². The molecule has 4 heteroatoms. The van der Waals surface area contributed by atoms with Crippen LogP contribution in [-0.2, 0) is 6.54 Å². The highest BCUT2D eigenvalue weighted by Crippen LogP contribution is 2.24. The molecular formula is C11H10F3N. The van der Waals surface area contributed by atoms with Crippen LogP contribution in [0, 0.1) is 6.92 Å². The zero-order chi connectivity index (χ0) is 11.1. The number of fused-ring (bicyclic) bond motifs is 1. The Labute approximate surface area is 85.1 Å². The van der Waals surface area contributed by atoms with Crippen LogP contribution in [0.15, 0.2) is 30.5 Å². The molecule has 0 spiro atoms. The van der Waals surface area contributed by atoms with Crippen molar-refractivity contribution in [2.24, 2.45) is 0 Å². The molecule has 2 rings (SSSR count). The maximum absolute atomic E-state index is 12.2. The molecule has 1 heterocycles. The second-order valence-corrected chi connectivity index (χ2v) is 3.57. The third-order valence-corrected chi connectivity index (χ3v) is 2.38. The van der Waals surface area contributed by atoms with Gasteiger partial charge in [-0.3, -0.25) is 0 Å². The number of aromatic nitrogens is 1. The number of aryl methyl sites for hydroxylation is 1. The summed E-state index contributed by atoms with van der Waals surface area (Å²) in [5.74, 6) is 0. The second kappa shape index (κ2) is 3.29. The number of benzene rings is 1. The van der Waals surface area contributed by atoms with E-state index in [0.29, 0.717) is 5.52 Å². The van der Waals surface area contributed by atoms with E-state index in [-0.39, 0.29) is 0 Å². The highest BCUT2D eigenvalue weighted by molar-refractivity contribution is 5.83. The van der Waals surface area contributed by atoms with E-state index in [9.17, 15) is 13.2 Å². The molecular weight excluding hydrogens is 203 g/mol. The van der Waals surface area contributed by atoms with Gasteiger partial charge in [-0.25, -0.2) is 0 Å². The first-order chi connectivity index (χ1) is 6.97. The summed E-state index contributed by atoms with van der Waals surface area (Å²) in [5.41, 5.74) is 1.63. The van der Waals surface area contributed by atoms with Crippen molar-refractivity contribution in [2.75, 3.05) is 0 Å². The molecule has 80 valence electrons. The molecule has 0 aliphatic carbocycles. The third-order valence-electron chi connectivity index (χ3n) is 2.38. The summed E-state index contributed by atoms with van der Waals surface area (Å²) in [4.78, 5) is 0. The zero-order valence-electron chi connectivity index (χ0n) is 8.17. The van der Waals surface area contributed by atoms with Gasteiger partial charge in [0.25, 0.3) is 0 Å². The van der Waals surface area contributed by atoms with Gasteiger partial charge in [0, 0.05) is 17.1 Å². The summed E-state index contributed by atoms with van der Waals surface area (Å²) in [5, 5.41) is 0.877. The van der Waals surface area contributed by atoms with E-state index in [4.69, 9.17) is 0 Å². The topological polar surface area (TPSA) is 4.93 Å². The van der Waals surface area contributed by atoms with Crippen LogP contribution in [0.3, 0.4) is 0 Å². The highest BCUT2D eigenvalue weighted by atomic mass is 19.4. The summed E-state index contributed by atoms with van der Waals surface area (Å²) in [7, 11) is 0. The van der Waals surface area contributed by atoms with Gasteiger partial charge in [-0.2, -0.15) is 13.2 Å². The Kier molecular flexibility index (Phi) is 2.21. The highest BCUT2D eigenvalue weighted by Gasteiger charge is 2.28. The fourth-order valence-electron chi connectivity index (χ4n) is 1.71. The molecule has 0 atom stereocenters. The van der Waals surface area contributed by atoms with Gasteiger partial charge < -0.3 is 4.57 Å². The normalized spacial score (nSPS) is 12.3. The molecule has 0 bridgehead atoms. The van der Waals surface area contributed by atoms with Crippen LogP contribution in [0.2, 0.25) is 0 Å². The van der Waals surface area contributed by atoms with Crippen LogP contribution < -0.4 is 0 Å². The Bertz CT molecular complexity index is 482. The van der Waals surface area contributed by atoms with E-state index in [1.165, 1.54) is 10.8 Å². The van der Waals surface area contributed by atoms with E-state index in [2.05, 4.69) is 0 Å². The van der Waals surface area contributed by atoms with Gasteiger partial charge in [-0.1, -0.05) is 12.1 Å². The number of halogens is 3. The van der Waals surface area contributed by atoms with Gasteiger partial charge in [0.2, 0.25) is 0 Å². The average Bonchev–Trinajstić information content (AvgIpc) is 2.48. The van der Waals surface area contributed by atoms with E-state index in [1.54, 1.807) is 18.2 Å². The maximum atomic E-state index is 12.2. The number of hydrogen-bond donors (Lipinski definition) is 0. The lowest BCUT2D eigenvalue weighted by atomic mass is 10.1. The monoisotopic (exact) mass is 213 g/mol. The fraction of sp³-hybridized carbons (Fsp3) is 0.273. The predicted octanol–water partition coefficient (Wildman–Crippen LogP) is 3.51. The SMILES string of the molecule is Cc1cccc2c1ccn2CC(F)(F)F. The molecule has 0 aliphatic heterocycles. The minimum absolute atomic E-state index is 0.632. The smallest absolute Gasteiger partial charge is 0.338 e. The Morgan fingerprint density at radius 1 is 1.20 bits per heavy atom. The van der Waals surface area contributed by atoms with Crippen molar-refractivity contribution in [3.8, 4) is 0 Å². The standard InChI is InChI=1S/C11H10F3N/c1-8-3-2-4-10-9(8)5-6-15(10)7-11(12,13)14/h2-6H,7H2,1H3. The largest absolute Gasteiger partial charge is 0.406 e. The molecule has 0 N–H and O–H groups in total. The van der Waals surface area contributed by atoms with Crippen LogP contribution in [0.5, 0.6) is 0 Å². The van der Waals surface area contributed by atoms with Crippen molar-refractivity contribution in [3.63, 3.8) is 0 Å². The molecule has 15 heavy (non-hydrogen) atoms. The van der Waals surface area contributed by atoms with E-state index in [0.717, 1.165) is 10.9 Å². The van der Waals surface area contributed by atoms with Gasteiger partial charge in [0.05, 0.1) is 0 Å². The van der Waals surface area contributed by atoms with Crippen LogP contribution in [0.4, 0.5) is 13.2 Å². The lowest BCUT2D eigenvalue weighted by Crippen LogP contribution is -2.16. The molecule has 0 saturated carbocycles. The average molecular weight is 213 g/mol. The van der Waals surface area contributed by atoms with Crippen molar-refractivity contribution in [1.82, 2.24) is 4.57 Å². The molecule has 1 aromatic heterocycles. The quantitative estimate of drug-likeness (QED) is 0.683. The van der Waals surface area contributed by atoms with E-state index < -0.39 is 12.7 Å². The lowest BCUT2D eigenvalue weighted by Gasteiger charge is -2.09. The minimum Gasteiger partial charge on any atom is -0.338 e. The molecule has 0 aliphatic rings. The molecule has 0 fully saturated rings. The first-order valence-corrected chi connectivity index (χ1v) is 4.58. The van der Waals surface area contributed by atoms with Gasteiger partial charge in [0.15, 0.2) is 0 Å². The van der Waals surface area contributed by atoms with Gasteiger partial charge in [-0.05, 0) is 24.6 Å². The number of rotatable bonds is 1. The summed E-state index contributed by atoms with van der Waals surface area (Å²) < 4.78 is 37.9. The predicted molar refractivity (Wildman–Crippen MR) is 52.7 cm³/mol. The van der Waals surface area contributed by atoms with Crippen molar-refractivity contribution >= 4 is 10.9 Å². The van der Waals surface area contributed by atoms with Gasteiger partial charge in [0.1, 0.15) is 6.54 Å². The summed E-state index contributed by atoms with van der Waals surface area (Å²) in [6.07, 6.45) is -2.69. The summed E-state index contributed by atoms with van der Waals surface area (Å²) in [6, 6.07) is 7.08. The molecule has 0 amide bonds. The lowest BCUT2D eigenvalue weighted by molar-refractivity contribution is -0.139. The first-order valence-electron chi connectivity index (χ1n) is 4.58. The maximum Gasteiger partial charge on any atom is 0.406 e. The van der Waals surface area contributed by atoms with Crippen LogP contribution in [-0.4, -0.2) is 10.7 Å². The number of alkyl halides is 3. The van der Waals surface area contributed by atoms with Crippen molar-refractivity contribution in [1.29, 1.82) is 0 Å². The van der Waals surface area contributed by atoms with Crippen molar-refractivity contribution in [3.05, 3.63) is 36.0 Å². The number of hydrogen-bond acceptors (Lipinski definition) is 0. The minimum atomic E-state index is -4.17. The Balaban J connectivity index is 2.50. The van der Waals surface area contributed by atoms with Gasteiger partial charge >= 0.3 is 6.18 Å². The van der Waals surface area contributed by atoms with Crippen molar-refractivity contribution < 1.29 is 13.2 Å². The molecule has 0 saturated heterocycles. The van der Waals surface area contributed by atoms with Crippen LogP contribution in [0.25, 0.3) is 10.9 Å². The fourth-order valence-corrected chi connectivity index (χ4v) is 1.71. The molecule has 0 radical (unpaired) electrons. The van der Waals surface area contributed by atoms with Crippen molar-refractivity contribution in [2.45, 2.75) is 19.6 Å². The molecule has 1 nitrogen and oxygen atoms in total. The molecule has 2 aromatic rings. The summed E-state index contributed by atoms with van der Waals surface area (Å²) >= 11 is 0.